The van der Waals surface area contributed by atoms with Crippen molar-refractivity contribution in [3.8, 4) is 0 Å². The van der Waals surface area contributed by atoms with Crippen LogP contribution in [-0.2, 0) is 9.53 Å². The summed E-state index contributed by atoms with van der Waals surface area (Å²) in [6.45, 7) is 5.75. The Morgan fingerprint density at radius 1 is 1.44 bits per heavy atom. The van der Waals surface area contributed by atoms with Crippen molar-refractivity contribution in [3.63, 3.8) is 0 Å². The van der Waals surface area contributed by atoms with E-state index in [9.17, 15) is 4.79 Å². The van der Waals surface area contributed by atoms with Crippen LogP contribution in [0, 0.1) is 0 Å². The molecule has 1 aromatic rings. The fourth-order valence-electron chi connectivity index (χ4n) is 1.44. The summed E-state index contributed by atoms with van der Waals surface area (Å²) in [6.07, 6.45) is 0.781. The molecule has 0 radical (unpaired) electrons. The quantitative estimate of drug-likeness (QED) is 0.611. The molecule has 0 aliphatic heterocycles. The van der Waals surface area contributed by atoms with Crippen molar-refractivity contribution in [2.45, 2.75) is 19.4 Å². The summed E-state index contributed by atoms with van der Waals surface area (Å²) in [5, 5.41) is 3.24. The second kappa shape index (κ2) is 5.95. The van der Waals surface area contributed by atoms with Crippen molar-refractivity contribution in [1.82, 2.24) is 0 Å². The number of rotatable bonds is 5. The van der Waals surface area contributed by atoms with Gasteiger partial charge >= 0.3 is 5.97 Å². The Morgan fingerprint density at radius 2 is 2.06 bits per heavy atom. The first-order valence-electron chi connectivity index (χ1n) is 5.27. The number of methoxy groups -OCH3 is 1. The molecular formula is C13H17NO2. The molecule has 1 N–H and O–H groups in total. The first-order chi connectivity index (χ1) is 7.69. The van der Waals surface area contributed by atoms with Gasteiger partial charge in [-0.1, -0.05) is 31.7 Å². The molecule has 1 aromatic carbocycles. The fourth-order valence-corrected chi connectivity index (χ4v) is 1.44. The number of carbonyl (C=O) groups is 1. The van der Waals surface area contributed by atoms with Crippen LogP contribution in [0.25, 0.3) is 0 Å². The van der Waals surface area contributed by atoms with Crippen LogP contribution in [0.5, 0.6) is 0 Å². The highest BCUT2D eigenvalue weighted by molar-refractivity contribution is 5.89. The zero-order chi connectivity index (χ0) is 12.0. The lowest BCUT2D eigenvalue weighted by molar-refractivity contribution is -0.136. The van der Waals surface area contributed by atoms with Crippen LogP contribution in [0.2, 0.25) is 0 Å². The van der Waals surface area contributed by atoms with Gasteiger partial charge in [0.05, 0.1) is 18.7 Å². The van der Waals surface area contributed by atoms with Gasteiger partial charge in [-0.05, 0) is 18.6 Å². The van der Waals surface area contributed by atoms with Crippen LogP contribution in [0.3, 0.4) is 0 Å². The minimum absolute atomic E-state index is 0.0881. The van der Waals surface area contributed by atoms with Gasteiger partial charge in [0.25, 0.3) is 0 Å². The normalized spacial score (nSPS) is 11.6. The van der Waals surface area contributed by atoms with E-state index in [1.54, 1.807) is 0 Å². The van der Waals surface area contributed by atoms with Crippen LogP contribution in [0.15, 0.2) is 42.5 Å². The second-order valence-electron chi connectivity index (χ2n) is 3.49. The van der Waals surface area contributed by atoms with E-state index in [2.05, 4.69) is 16.6 Å². The predicted octanol–water partition coefficient (Wildman–Crippen LogP) is 2.61. The Bertz CT molecular complexity index is 359. The summed E-state index contributed by atoms with van der Waals surface area (Å²) >= 11 is 0. The van der Waals surface area contributed by atoms with Gasteiger partial charge in [0.15, 0.2) is 0 Å². The van der Waals surface area contributed by atoms with Crippen LogP contribution < -0.4 is 5.32 Å². The summed E-state index contributed by atoms with van der Waals surface area (Å²) in [7, 11) is 1.36. The third kappa shape index (κ3) is 3.12. The Kier molecular flexibility index (Phi) is 4.58. The molecule has 3 heteroatoms. The molecule has 0 spiro atoms. The molecule has 0 saturated carbocycles. The topological polar surface area (TPSA) is 38.3 Å². The van der Waals surface area contributed by atoms with E-state index >= 15 is 0 Å². The Balaban J connectivity index is 2.69. The van der Waals surface area contributed by atoms with Crippen LogP contribution in [-0.4, -0.2) is 19.1 Å². The lowest BCUT2D eigenvalue weighted by Gasteiger charge is -2.19. The molecule has 0 aliphatic rings. The van der Waals surface area contributed by atoms with Gasteiger partial charge in [-0.2, -0.15) is 0 Å². The summed E-state index contributed by atoms with van der Waals surface area (Å²) in [5.74, 6) is -0.365. The molecule has 0 aliphatic carbocycles. The minimum Gasteiger partial charge on any atom is -0.466 e. The molecule has 0 aromatic heterocycles. The number of esters is 1. The van der Waals surface area contributed by atoms with E-state index in [0.717, 1.165) is 12.1 Å². The molecule has 1 unspecified atom stereocenters. The average Bonchev–Trinajstić information content (AvgIpc) is 2.35. The van der Waals surface area contributed by atoms with E-state index in [-0.39, 0.29) is 12.0 Å². The Labute approximate surface area is 96.1 Å². The third-order valence-electron chi connectivity index (χ3n) is 2.39. The molecule has 3 nitrogen and oxygen atoms in total. The number of nitrogens with one attached hydrogen (secondary N) is 1. The number of para-hydroxylation sites is 1. The standard InChI is InChI=1S/C13H17NO2/c1-4-12(10(2)13(15)16-3)14-11-8-6-5-7-9-11/h5-9,12,14H,2,4H2,1,3H3. The van der Waals surface area contributed by atoms with Gasteiger partial charge in [0, 0.05) is 5.69 Å². The largest absolute Gasteiger partial charge is 0.466 e. The van der Waals surface area contributed by atoms with Crippen LogP contribution in [0.4, 0.5) is 5.69 Å². The number of ether oxygens (including phenoxy) is 1. The van der Waals surface area contributed by atoms with Gasteiger partial charge in [0.2, 0.25) is 0 Å². The van der Waals surface area contributed by atoms with E-state index in [0.29, 0.717) is 5.57 Å². The molecule has 1 rings (SSSR count). The number of hydrogen-bond donors (Lipinski definition) is 1. The molecule has 0 saturated heterocycles. The number of carbonyl (C=O) groups excluding carboxylic acids is 1. The highest BCUT2D eigenvalue weighted by atomic mass is 16.5. The molecule has 0 fully saturated rings. The van der Waals surface area contributed by atoms with Crippen molar-refractivity contribution < 1.29 is 9.53 Å². The number of benzene rings is 1. The smallest absolute Gasteiger partial charge is 0.335 e. The van der Waals surface area contributed by atoms with Crippen molar-refractivity contribution in [1.29, 1.82) is 0 Å². The Morgan fingerprint density at radius 3 is 2.56 bits per heavy atom. The summed E-state index contributed by atoms with van der Waals surface area (Å²) in [5.41, 5.74) is 1.42. The SMILES string of the molecule is C=C(C(=O)OC)C(CC)Nc1ccccc1. The molecule has 0 heterocycles. The Hall–Kier alpha value is -1.77. The molecule has 1 atom stereocenters. The average molecular weight is 219 g/mol. The van der Waals surface area contributed by atoms with Gasteiger partial charge in [-0.15, -0.1) is 0 Å². The zero-order valence-corrected chi connectivity index (χ0v) is 9.69. The molecule has 0 bridgehead atoms. The second-order valence-corrected chi connectivity index (χ2v) is 3.49. The van der Waals surface area contributed by atoms with E-state index < -0.39 is 0 Å². The van der Waals surface area contributed by atoms with Gasteiger partial charge in [-0.25, -0.2) is 4.79 Å². The predicted molar refractivity (Wildman–Crippen MR) is 65.3 cm³/mol. The molecule has 0 amide bonds. The summed E-state index contributed by atoms with van der Waals surface area (Å²) in [4.78, 5) is 11.3. The lowest BCUT2D eigenvalue weighted by Crippen LogP contribution is -2.25. The maximum absolute atomic E-state index is 11.3. The van der Waals surface area contributed by atoms with Gasteiger partial charge < -0.3 is 10.1 Å². The van der Waals surface area contributed by atoms with Crippen LogP contribution in [0.1, 0.15) is 13.3 Å². The fraction of sp³-hybridized carbons (Fsp3) is 0.308. The number of anilines is 1. The highest BCUT2D eigenvalue weighted by Crippen LogP contribution is 2.14. The molecule has 16 heavy (non-hydrogen) atoms. The van der Waals surface area contributed by atoms with Crippen molar-refractivity contribution in [3.05, 3.63) is 42.5 Å². The minimum atomic E-state index is -0.365. The first-order valence-corrected chi connectivity index (χ1v) is 5.27. The molecule has 86 valence electrons. The third-order valence-corrected chi connectivity index (χ3v) is 2.39. The maximum atomic E-state index is 11.3. The van der Waals surface area contributed by atoms with E-state index in [1.807, 2.05) is 37.3 Å². The maximum Gasteiger partial charge on any atom is 0.335 e. The monoisotopic (exact) mass is 219 g/mol. The van der Waals surface area contributed by atoms with Crippen LogP contribution >= 0.6 is 0 Å². The van der Waals surface area contributed by atoms with Crippen molar-refractivity contribution in [2.75, 3.05) is 12.4 Å². The summed E-state index contributed by atoms with van der Waals surface area (Å²) in [6, 6.07) is 9.64. The van der Waals surface area contributed by atoms with E-state index in [4.69, 9.17) is 0 Å². The van der Waals surface area contributed by atoms with Gasteiger partial charge in [-0.3, -0.25) is 0 Å². The molecular weight excluding hydrogens is 202 g/mol. The van der Waals surface area contributed by atoms with E-state index in [1.165, 1.54) is 7.11 Å². The van der Waals surface area contributed by atoms with Gasteiger partial charge in [0.1, 0.15) is 0 Å². The van der Waals surface area contributed by atoms with Crippen molar-refractivity contribution in [2.24, 2.45) is 0 Å². The lowest BCUT2D eigenvalue weighted by atomic mass is 10.1. The number of hydrogen-bond acceptors (Lipinski definition) is 3. The highest BCUT2D eigenvalue weighted by Gasteiger charge is 2.17. The zero-order valence-electron chi connectivity index (χ0n) is 9.69. The first kappa shape index (κ1) is 12.3. The summed E-state index contributed by atoms with van der Waals surface area (Å²) < 4.78 is 4.65. The van der Waals surface area contributed by atoms with Crippen molar-refractivity contribution >= 4 is 11.7 Å².